The lowest BCUT2D eigenvalue weighted by molar-refractivity contribution is -0.384. The van der Waals surface area contributed by atoms with Gasteiger partial charge in [0.15, 0.2) is 0 Å². The van der Waals surface area contributed by atoms with E-state index in [1.54, 1.807) is 19.9 Å². The monoisotopic (exact) mass is 279 g/mol. The summed E-state index contributed by atoms with van der Waals surface area (Å²) < 4.78 is 0. The summed E-state index contributed by atoms with van der Waals surface area (Å²) in [5, 5.41) is 16.6. The third kappa shape index (κ3) is 4.53. The highest BCUT2D eigenvalue weighted by Crippen LogP contribution is 2.21. The number of hydrogen-bond acceptors (Lipinski definition) is 4. The number of nitrogens with zero attached hydrogens (tertiary/aromatic N) is 1. The van der Waals surface area contributed by atoms with Gasteiger partial charge < -0.3 is 10.6 Å². The van der Waals surface area contributed by atoms with Crippen molar-refractivity contribution < 1.29 is 9.72 Å². The van der Waals surface area contributed by atoms with Crippen LogP contribution in [0.1, 0.15) is 33.3 Å². The first-order chi connectivity index (χ1) is 9.10. The van der Waals surface area contributed by atoms with E-state index in [4.69, 9.17) is 0 Å². The molecule has 1 amide bonds. The topological polar surface area (TPSA) is 84.3 Å². The summed E-state index contributed by atoms with van der Waals surface area (Å²) in [6, 6.07) is 4.10. The second kappa shape index (κ2) is 5.90. The number of carbonyl (C=O) groups excluding carboxylic acids is 1. The standard InChI is InChI=1S/C14H21N3O3/c1-9-8-11(17(19)20)6-7-12(9)15-10(2)13(18)16-14(3,4)5/h6-8,10,15H,1-5H3,(H,16,18). The third-order valence-corrected chi connectivity index (χ3v) is 2.68. The number of nitro benzene ring substituents is 1. The Morgan fingerprint density at radius 2 is 1.95 bits per heavy atom. The van der Waals surface area contributed by atoms with Gasteiger partial charge in [0.25, 0.3) is 5.69 Å². The second-order valence-corrected chi connectivity index (χ2v) is 5.86. The van der Waals surface area contributed by atoms with Crippen molar-refractivity contribution in [1.29, 1.82) is 0 Å². The molecule has 0 spiro atoms. The Hall–Kier alpha value is -2.11. The SMILES string of the molecule is Cc1cc([N+](=O)[O-])ccc1NC(C)C(=O)NC(C)(C)C. The molecule has 20 heavy (non-hydrogen) atoms. The van der Waals surface area contributed by atoms with Gasteiger partial charge in [-0.3, -0.25) is 14.9 Å². The highest BCUT2D eigenvalue weighted by Gasteiger charge is 2.19. The highest BCUT2D eigenvalue weighted by atomic mass is 16.6. The number of hydrogen-bond donors (Lipinski definition) is 2. The number of aryl methyl sites for hydroxylation is 1. The van der Waals surface area contributed by atoms with Crippen LogP contribution in [0, 0.1) is 17.0 Å². The molecule has 0 saturated heterocycles. The molecular formula is C14H21N3O3. The Labute approximate surface area is 118 Å². The molecule has 1 aromatic carbocycles. The number of anilines is 1. The van der Waals surface area contributed by atoms with Crippen LogP contribution in [-0.2, 0) is 4.79 Å². The molecule has 6 nitrogen and oxygen atoms in total. The fourth-order valence-corrected chi connectivity index (χ4v) is 1.70. The number of rotatable bonds is 4. The normalized spacial score (nSPS) is 12.7. The van der Waals surface area contributed by atoms with E-state index >= 15 is 0 Å². The van der Waals surface area contributed by atoms with E-state index in [9.17, 15) is 14.9 Å². The van der Waals surface area contributed by atoms with Crippen LogP contribution in [0.4, 0.5) is 11.4 Å². The molecule has 0 heterocycles. The predicted molar refractivity (Wildman–Crippen MR) is 78.8 cm³/mol. The first-order valence-corrected chi connectivity index (χ1v) is 6.44. The van der Waals surface area contributed by atoms with Crippen LogP contribution in [0.15, 0.2) is 18.2 Å². The fourth-order valence-electron chi connectivity index (χ4n) is 1.70. The summed E-state index contributed by atoms with van der Waals surface area (Å²) in [5.74, 6) is -0.116. The van der Waals surface area contributed by atoms with Crippen molar-refractivity contribution in [3.05, 3.63) is 33.9 Å². The molecule has 2 N–H and O–H groups in total. The van der Waals surface area contributed by atoms with Gasteiger partial charge >= 0.3 is 0 Å². The molecule has 0 aliphatic carbocycles. The molecule has 0 radical (unpaired) electrons. The minimum absolute atomic E-state index is 0.0415. The number of nitrogens with one attached hydrogen (secondary N) is 2. The van der Waals surface area contributed by atoms with Gasteiger partial charge in [-0.1, -0.05) is 0 Å². The average Bonchev–Trinajstić information content (AvgIpc) is 2.29. The number of benzene rings is 1. The first kappa shape index (κ1) is 15.9. The number of carbonyl (C=O) groups is 1. The first-order valence-electron chi connectivity index (χ1n) is 6.44. The van der Waals surface area contributed by atoms with E-state index < -0.39 is 11.0 Å². The third-order valence-electron chi connectivity index (χ3n) is 2.68. The Morgan fingerprint density at radius 1 is 1.35 bits per heavy atom. The van der Waals surface area contributed by atoms with Gasteiger partial charge in [-0.25, -0.2) is 0 Å². The lowest BCUT2D eigenvalue weighted by Crippen LogP contribution is -2.47. The quantitative estimate of drug-likeness (QED) is 0.655. The Balaban J connectivity index is 2.78. The lowest BCUT2D eigenvalue weighted by Gasteiger charge is -2.24. The van der Waals surface area contributed by atoms with Gasteiger partial charge in [0.05, 0.1) is 4.92 Å². The van der Waals surface area contributed by atoms with Gasteiger partial charge in [0, 0.05) is 23.4 Å². The molecule has 0 saturated carbocycles. The van der Waals surface area contributed by atoms with E-state index in [1.165, 1.54) is 12.1 Å². The summed E-state index contributed by atoms with van der Waals surface area (Å²) in [5.41, 5.74) is 1.19. The molecule has 1 rings (SSSR count). The molecule has 0 bridgehead atoms. The zero-order chi connectivity index (χ0) is 15.5. The van der Waals surface area contributed by atoms with Crippen molar-refractivity contribution >= 4 is 17.3 Å². The molecule has 0 aliphatic rings. The largest absolute Gasteiger partial charge is 0.374 e. The number of non-ortho nitro benzene ring substituents is 1. The predicted octanol–water partition coefficient (Wildman–Crippen LogP) is 2.62. The molecule has 0 aromatic heterocycles. The molecule has 0 aliphatic heterocycles. The van der Waals surface area contributed by atoms with Gasteiger partial charge in [0.2, 0.25) is 5.91 Å². The maximum atomic E-state index is 12.0. The molecule has 6 heteroatoms. The lowest BCUT2D eigenvalue weighted by atomic mass is 10.1. The minimum Gasteiger partial charge on any atom is -0.374 e. The molecule has 1 unspecified atom stereocenters. The van der Waals surface area contributed by atoms with Gasteiger partial charge in [-0.05, 0) is 46.2 Å². The van der Waals surface area contributed by atoms with Crippen molar-refractivity contribution in [2.24, 2.45) is 0 Å². The fraction of sp³-hybridized carbons (Fsp3) is 0.500. The van der Waals surface area contributed by atoms with Crippen LogP contribution in [0.2, 0.25) is 0 Å². The Kier molecular flexibility index (Phi) is 4.70. The van der Waals surface area contributed by atoms with E-state index in [2.05, 4.69) is 10.6 Å². The summed E-state index contributed by atoms with van der Waals surface area (Å²) in [6.07, 6.45) is 0. The van der Waals surface area contributed by atoms with Crippen molar-refractivity contribution in [3.8, 4) is 0 Å². The van der Waals surface area contributed by atoms with Crippen LogP contribution in [0.25, 0.3) is 0 Å². The number of nitro groups is 1. The van der Waals surface area contributed by atoms with Crippen molar-refractivity contribution in [1.82, 2.24) is 5.32 Å². The molecule has 110 valence electrons. The van der Waals surface area contributed by atoms with Crippen LogP contribution >= 0.6 is 0 Å². The molecule has 1 aromatic rings. The second-order valence-electron chi connectivity index (χ2n) is 5.86. The summed E-state index contributed by atoms with van der Waals surface area (Å²) in [4.78, 5) is 22.2. The summed E-state index contributed by atoms with van der Waals surface area (Å²) in [6.45, 7) is 9.25. The number of amides is 1. The smallest absolute Gasteiger partial charge is 0.269 e. The van der Waals surface area contributed by atoms with Crippen LogP contribution in [0.5, 0.6) is 0 Å². The Bertz CT molecular complexity index is 521. The zero-order valence-corrected chi connectivity index (χ0v) is 12.5. The molecule has 0 fully saturated rings. The Morgan fingerprint density at radius 3 is 2.40 bits per heavy atom. The maximum Gasteiger partial charge on any atom is 0.269 e. The summed E-state index contributed by atoms with van der Waals surface area (Å²) in [7, 11) is 0. The van der Waals surface area contributed by atoms with Crippen molar-refractivity contribution in [3.63, 3.8) is 0 Å². The average molecular weight is 279 g/mol. The van der Waals surface area contributed by atoms with Gasteiger partial charge in [0.1, 0.15) is 6.04 Å². The minimum atomic E-state index is -0.438. The van der Waals surface area contributed by atoms with Crippen LogP contribution in [0.3, 0.4) is 0 Å². The van der Waals surface area contributed by atoms with E-state index in [0.717, 1.165) is 5.56 Å². The van der Waals surface area contributed by atoms with Crippen LogP contribution in [-0.4, -0.2) is 22.4 Å². The van der Waals surface area contributed by atoms with Gasteiger partial charge in [-0.2, -0.15) is 0 Å². The molecular weight excluding hydrogens is 258 g/mol. The summed E-state index contributed by atoms with van der Waals surface area (Å²) >= 11 is 0. The van der Waals surface area contributed by atoms with Crippen molar-refractivity contribution in [2.75, 3.05) is 5.32 Å². The molecule has 1 atom stereocenters. The zero-order valence-electron chi connectivity index (χ0n) is 12.5. The van der Waals surface area contributed by atoms with Crippen molar-refractivity contribution in [2.45, 2.75) is 46.2 Å². The van der Waals surface area contributed by atoms with Crippen LogP contribution < -0.4 is 10.6 Å². The van der Waals surface area contributed by atoms with Gasteiger partial charge in [-0.15, -0.1) is 0 Å². The van der Waals surface area contributed by atoms with E-state index in [1.807, 2.05) is 20.8 Å². The van der Waals surface area contributed by atoms with E-state index in [-0.39, 0.29) is 17.1 Å². The maximum absolute atomic E-state index is 12.0. The highest BCUT2D eigenvalue weighted by molar-refractivity contribution is 5.85. The van der Waals surface area contributed by atoms with E-state index in [0.29, 0.717) is 5.69 Å².